The normalized spacial score (nSPS) is 11.7. The molecule has 0 radical (unpaired) electrons. The predicted octanol–water partition coefficient (Wildman–Crippen LogP) is 3.50. The van der Waals surface area contributed by atoms with Crippen LogP contribution in [0.5, 0.6) is 0 Å². The number of halogens is 4. The maximum absolute atomic E-state index is 13.6. The van der Waals surface area contributed by atoms with Crippen LogP contribution in [0.2, 0.25) is 0 Å². The molecule has 1 aromatic carbocycles. The summed E-state index contributed by atoms with van der Waals surface area (Å²) < 4.78 is 51.0. The van der Waals surface area contributed by atoms with Crippen LogP contribution < -0.4 is 5.73 Å². The SMILES string of the molecule is Cc1c(N)nnc(-c2ccc(C(F)(F)F)c(F)c2)c1C. The quantitative estimate of drug-likeness (QED) is 0.816. The van der Waals surface area contributed by atoms with Crippen LogP contribution in [0.15, 0.2) is 18.2 Å². The second kappa shape index (κ2) is 4.73. The topological polar surface area (TPSA) is 51.8 Å². The van der Waals surface area contributed by atoms with Gasteiger partial charge in [-0.3, -0.25) is 0 Å². The maximum Gasteiger partial charge on any atom is 0.419 e. The highest BCUT2D eigenvalue weighted by Gasteiger charge is 2.34. The highest BCUT2D eigenvalue weighted by Crippen LogP contribution is 2.34. The van der Waals surface area contributed by atoms with Gasteiger partial charge in [-0.05, 0) is 37.1 Å². The lowest BCUT2D eigenvalue weighted by Crippen LogP contribution is -2.08. The molecule has 0 saturated carbocycles. The first-order valence-electron chi connectivity index (χ1n) is 5.68. The van der Waals surface area contributed by atoms with Crippen LogP contribution in [-0.2, 0) is 6.18 Å². The van der Waals surface area contributed by atoms with E-state index < -0.39 is 17.6 Å². The molecule has 0 spiro atoms. The minimum Gasteiger partial charge on any atom is -0.382 e. The highest BCUT2D eigenvalue weighted by molar-refractivity contribution is 5.66. The third-order valence-electron chi connectivity index (χ3n) is 3.11. The highest BCUT2D eigenvalue weighted by atomic mass is 19.4. The minimum absolute atomic E-state index is 0.226. The molecule has 0 aliphatic carbocycles. The first-order chi connectivity index (χ1) is 9.21. The number of alkyl halides is 3. The Bertz CT molecular complexity index is 665. The number of nitrogen functional groups attached to an aromatic ring is 1. The fourth-order valence-corrected chi connectivity index (χ4v) is 1.79. The van der Waals surface area contributed by atoms with Crippen LogP contribution in [0.25, 0.3) is 11.3 Å². The lowest BCUT2D eigenvalue weighted by atomic mass is 10.0. The van der Waals surface area contributed by atoms with E-state index in [0.717, 1.165) is 6.07 Å². The van der Waals surface area contributed by atoms with Gasteiger partial charge in [0.1, 0.15) is 11.6 Å². The molecular formula is C13H11F4N3. The summed E-state index contributed by atoms with van der Waals surface area (Å²) in [7, 11) is 0. The van der Waals surface area contributed by atoms with E-state index in [0.29, 0.717) is 22.9 Å². The molecular weight excluding hydrogens is 274 g/mol. The molecule has 0 amide bonds. The fraction of sp³-hybridized carbons (Fsp3) is 0.231. The molecule has 0 atom stereocenters. The first-order valence-corrected chi connectivity index (χ1v) is 5.68. The summed E-state index contributed by atoms with van der Waals surface area (Å²) in [5, 5.41) is 7.52. The summed E-state index contributed by atoms with van der Waals surface area (Å²) in [6.07, 6.45) is -4.72. The molecule has 20 heavy (non-hydrogen) atoms. The van der Waals surface area contributed by atoms with Crippen molar-refractivity contribution in [2.45, 2.75) is 20.0 Å². The molecule has 2 rings (SSSR count). The number of nitrogens with two attached hydrogens (primary N) is 1. The van der Waals surface area contributed by atoms with Gasteiger partial charge in [-0.25, -0.2) is 4.39 Å². The average Bonchev–Trinajstić information content (AvgIpc) is 2.34. The van der Waals surface area contributed by atoms with E-state index in [9.17, 15) is 17.6 Å². The van der Waals surface area contributed by atoms with Gasteiger partial charge in [-0.2, -0.15) is 13.2 Å². The Balaban J connectivity index is 2.56. The zero-order valence-electron chi connectivity index (χ0n) is 10.7. The Morgan fingerprint density at radius 3 is 2.25 bits per heavy atom. The smallest absolute Gasteiger partial charge is 0.382 e. The van der Waals surface area contributed by atoms with Gasteiger partial charge >= 0.3 is 6.18 Å². The number of aromatic nitrogens is 2. The molecule has 0 aliphatic rings. The molecule has 0 bridgehead atoms. The molecule has 0 fully saturated rings. The molecule has 106 valence electrons. The third-order valence-corrected chi connectivity index (χ3v) is 3.11. The molecule has 0 unspecified atom stereocenters. The molecule has 0 aliphatic heterocycles. The number of anilines is 1. The number of hydrogen-bond acceptors (Lipinski definition) is 3. The van der Waals surface area contributed by atoms with Gasteiger partial charge in [0.05, 0.1) is 11.3 Å². The van der Waals surface area contributed by atoms with Gasteiger partial charge in [-0.1, -0.05) is 6.07 Å². The van der Waals surface area contributed by atoms with E-state index in [1.807, 2.05) is 0 Å². The Hall–Kier alpha value is -2.18. The van der Waals surface area contributed by atoms with Crippen molar-refractivity contribution >= 4 is 5.82 Å². The van der Waals surface area contributed by atoms with E-state index in [2.05, 4.69) is 10.2 Å². The van der Waals surface area contributed by atoms with Crippen LogP contribution in [0.1, 0.15) is 16.7 Å². The van der Waals surface area contributed by atoms with E-state index in [1.165, 1.54) is 6.07 Å². The van der Waals surface area contributed by atoms with Gasteiger partial charge < -0.3 is 5.73 Å². The zero-order chi connectivity index (χ0) is 15.1. The largest absolute Gasteiger partial charge is 0.419 e. The molecule has 7 heteroatoms. The van der Waals surface area contributed by atoms with Crippen molar-refractivity contribution in [3.05, 3.63) is 40.7 Å². The van der Waals surface area contributed by atoms with E-state index in [1.54, 1.807) is 13.8 Å². The second-order valence-electron chi connectivity index (χ2n) is 4.38. The minimum atomic E-state index is -4.72. The molecule has 1 heterocycles. The molecule has 1 aromatic heterocycles. The van der Waals surface area contributed by atoms with Crippen LogP contribution in [0, 0.1) is 19.7 Å². The third kappa shape index (κ3) is 2.43. The van der Waals surface area contributed by atoms with Crippen molar-refractivity contribution in [3.8, 4) is 11.3 Å². The fourth-order valence-electron chi connectivity index (χ4n) is 1.79. The van der Waals surface area contributed by atoms with E-state index in [4.69, 9.17) is 5.73 Å². The summed E-state index contributed by atoms with van der Waals surface area (Å²) in [6.45, 7) is 3.41. The molecule has 3 nitrogen and oxygen atoms in total. The predicted molar refractivity (Wildman–Crippen MR) is 66.3 cm³/mol. The lowest BCUT2D eigenvalue weighted by molar-refractivity contribution is -0.139. The van der Waals surface area contributed by atoms with Crippen molar-refractivity contribution in [2.24, 2.45) is 0 Å². The Morgan fingerprint density at radius 2 is 1.70 bits per heavy atom. The lowest BCUT2D eigenvalue weighted by Gasteiger charge is -2.11. The van der Waals surface area contributed by atoms with Crippen molar-refractivity contribution in [1.82, 2.24) is 10.2 Å². The van der Waals surface area contributed by atoms with Crippen LogP contribution in [0.3, 0.4) is 0 Å². The second-order valence-corrected chi connectivity index (χ2v) is 4.38. The number of hydrogen-bond donors (Lipinski definition) is 1. The van der Waals surface area contributed by atoms with Gasteiger partial charge in [0.2, 0.25) is 0 Å². The van der Waals surface area contributed by atoms with Gasteiger partial charge in [0.25, 0.3) is 0 Å². The van der Waals surface area contributed by atoms with E-state index in [-0.39, 0.29) is 11.4 Å². The monoisotopic (exact) mass is 285 g/mol. The van der Waals surface area contributed by atoms with Crippen molar-refractivity contribution in [2.75, 3.05) is 5.73 Å². The first kappa shape index (κ1) is 14.2. The Kier molecular flexibility index (Phi) is 3.37. The number of rotatable bonds is 1. The Morgan fingerprint density at radius 1 is 1.05 bits per heavy atom. The average molecular weight is 285 g/mol. The molecule has 0 saturated heterocycles. The van der Waals surface area contributed by atoms with Gasteiger partial charge in [0.15, 0.2) is 0 Å². The maximum atomic E-state index is 13.6. The summed E-state index contributed by atoms with van der Waals surface area (Å²) in [6, 6.07) is 2.66. The number of nitrogens with zero attached hydrogens (tertiary/aromatic N) is 2. The summed E-state index contributed by atoms with van der Waals surface area (Å²) in [5.41, 5.74) is 6.12. The van der Waals surface area contributed by atoms with Crippen molar-refractivity contribution in [1.29, 1.82) is 0 Å². The zero-order valence-corrected chi connectivity index (χ0v) is 10.7. The van der Waals surface area contributed by atoms with Crippen LogP contribution >= 0.6 is 0 Å². The van der Waals surface area contributed by atoms with Crippen LogP contribution in [0.4, 0.5) is 23.4 Å². The van der Waals surface area contributed by atoms with Crippen LogP contribution in [-0.4, -0.2) is 10.2 Å². The Labute approximate surface area is 112 Å². The summed E-state index contributed by atoms with van der Waals surface area (Å²) in [5.74, 6) is -1.11. The van der Waals surface area contributed by atoms with Crippen molar-refractivity contribution < 1.29 is 17.6 Å². The van der Waals surface area contributed by atoms with Gasteiger partial charge in [-0.15, -0.1) is 10.2 Å². The summed E-state index contributed by atoms with van der Waals surface area (Å²) in [4.78, 5) is 0. The molecule has 2 aromatic rings. The molecule has 2 N–H and O–H groups in total. The van der Waals surface area contributed by atoms with E-state index >= 15 is 0 Å². The standard InChI is InChI=1S/C13H11F4N3/c1-6-7(2)12(18)20-19-11(6)8-3-4-9(10(14)5-8)13(15,16)17/h3-5H,1-2H3,(H2,18,20). The number of benzene rings is 1. The summed E-state index contributed by atoms with van der Waals surface area (Å²) >= 11 is 0. The van der Waals surface area contributed by atoms with Crippen molar-refractivity contribution in [3.63, 3.8) is 0 Å². The van der Waals surface area contributed by atoms with Gasteiger partial charge in [0, 0.05) is 5.56 Å².